The van der Waals surface area contributed by atoms with Crippen LogP contribution in [-0.4, -0.2) is 47.2 Å². The molecule has 0 spiro atoms. The number of hydrogen-bond donors (Lipinski definition) is 2. The second kappa shape index (κ2) is 5.83. The summed E-state index contributed by atoms with van der Waals surface area (Å²) in [6.07, 6.45) is 6.23. The number of likely N-dealkylation sites (tertiary alicyclic amines) is 1. The molecule has 4 nitrogen and oxygen atoms in total. The quantitative estimate of drug-likeness (QED) is 0.738. The van der Waals surface area contributed by atoms with Crippen LogP contribution in [0.4, 0.5) is 0 Å². The summed E-state index contributed by atoms with van der Waals surface area (Å²) in [4.78, 5) is 13.1. The van der Waals surface area contributed by atoms with E-state index in [1.807, 2.05) is 0 Å². The van der Waals surface area contributed by atoms with E-state index in [2.05, 4.69) is 17.1 Å². The van der Waals surface area contributed by atoms with E-state index in [1.165, 1.54) is 38.8 Å². The second-order valence-corrected chi connectivity index (χ2v) is 5.54. The minimum absolute atomic E-state index is 0.273. The van der Waals surface area contributed by atoms with Crippen molar-refractivity contribution >= 4 is 5.97 Å². The van der Waals surface area contributed by atoms with E-state index >= 15 is 0 Å². The number of carboxylic acid groups (broad SMARTS) is 1. The minimum atomic E-state index is -0.692. The van der Waals surface area contributed by atoms with E-state index in [1.54, 1.807) is 0 Å². The molecular formula is C13H24N2O2. The smallest absolute Gasteiger partial charge is 0.303 e. The van der Waals surface area contributed by atoms with Crippen LogP contribution in [0.3, 0.4) is 0 Å². The van der Waals surface area contributed by atoms with Crippen molar-refractivity contribution in [2.24, 2.45) is 0 Å². The zero-order valence-corrected chi connectivity index (χ0v) is 10.7. The zero-order valence-electron chi connectivity index (χ0n) is 10.7. The molecule has 1 saturated carbocycles. The highest BCUT2D eigenvalue weighted by Gasteiger charge is 2.31. The molecule has 2 fully saturated rings. The molecule has 0 bridgehead atoms. The average Bonchev–Trinajstić information content (AvgIpc) is 3.11. The van der Waals surface area contributed by atoms with E-state index in [-0.39, 0.29) is 6.42 Å². The summed E-state index contributed by atoms with van der Waals surface area (Å²) in [7, 11) is 0. The van der Waals surface area contributed by atoms with E-state index in [4.69, 9.17) is 5.11 Å². The van der Waals surface area contributed by atoms with Crippen molar-refractivity contribution in [3.63, 3.8) is 0 Å². The van der Waals surface area contributed by atoms with Crippen LogP contribution in [0.1, 0.15) is 45.4 Å². The maximum Gasteiger partial charge on any atom is 0.303 e. The maximum absolute atomic E-state index is 10.5. The fourth-order valence-corrected chi connectivity index (χ4v) is 2.70. The monoisotopic (exact) mass is 240 g/mol. The first-order chi connectivity index (χ1) is 8.15. The van der Waals surface area contributed by atoms with Gasteiger partial charge < -0.3 is 15.3 Å². The van der Waals surface area contributed by atoms with Gasteiger partial charge in [-0.15, -0.1) is 0 Å². The predicted octanol–water partition coefficient (Wildman–Crippen LogP) is 1.46. The molecule has 4 heteroatoms. The third kappa shape index (κ3) is 4.28. The Labute approximate surface area is 103 Å². The van der Waals surface area contributed by atoms with Crippen molar-refractivity contribution in [3.8, 4) is 0 Å². The molecule has 0 amide bonds. The van der Waals surface area contributed by atoms with Gasteiger partial charge in [-0.2, -0.15) is 0 Å². The van der Waals surface area contributed by atoms with E-state index < -0.39 is 5.97 Å². The molecule has 1 aliphatic carbocycles. The summed E-state index contributed by atoms with van der Waals surface area (Å²) in [6.45, 7) is 4.53. The van der Waals surface area contributed by atoms with Gasteiger partial charge in [-0.1, -0.05) is 0 Å². The number of nitrogens with zero attached hydrogens (tertiary/aromatic N) is 1. The molecule has 1 aliphatic heterocycles. The Balaban J connectivity index is 1.61. The molecule has 2 aliphatic rings. The molecule has 1 saturated heterocycles. The van der Waals surface area contributed by atoms with E-state index in [0.29, 0.717) is 12.1 Å². The summed E-state index contributed by atoms with van der Waals surface area (Å²) < 4.78 is 0. The minimum Gasteiger partial charge on any atom is -0.481 e. The highest BCUT2D eigenvalue weighted by Crippen LogP contribution is 2.29. The molecule has 0 aromatic heterocycles. The highest BCUT2D eigenvalue weighted by atomic mass is 16.4. The van der Waals surface area contributed by atoms with Crippen molar-refractivity contribution in [2.45, 2.75) is 63.6 Å². The Hall–Kier alpha value is -0.610. The van der Waals surface area contributed by atoms with E-state index in [9.17, 15) is 4.79 Å². The van der Waals surface area contributed by atoms with Crippen molar-refractivity contribution in [2.75, 3.05) is 13.1 Å². The lowest BCUT2D eigenvalue weighted by Crippen LogP contribution is -2.46. The Morgan fingerprint density at radius 3 is 2.53 bits per heavy atom. The van der Waals surface area contributed by atoms with Gasteiger partial charge in [0.25, 0.3) is 0 Å². The standard InChI is InChI=1S/C13H24N2O2/c1-10(2-5-13(16)17)14-11-6-8-15(9-7-11)12-3-4-12/h10-12,14H,2-9H2,1H3,(H,16,17). The first-order valence-electron chi connectivity index (χ1n) is 6.87. The van der Waals surface area contributed by atoms with Crippen molar-refractivity contribution in [1.82, 2.24) is 10.2 Å². The summed E-state index contributed by atoms with van der Waals surface area (Å²) >= 11 is 0. The summed E-state index contributed by atoms with van der Waals surface area (Å²) in [6, 6.07) is 1.80. The van der Waals surface area contributed by atoms with Gasteiger partial charge in [0.15, 0.2) is 0 Å². The van der Waals surface area contributed by atoms with Gasteiger partial charge >= 0.3 is 5.97 Å². The van der Waals surface area contributed by atoms with Crippen LogP contribution in [0.2, 0.25) is 0 Å². The van der Waals surface area contributed by atoms with Gasteiger partial charge in [-0.25, -0.2) is 0 Å². The summed E-state index contributed by atoms with van der Waals surface area (Å²) in [5.41, 5.74) is 0. The van der Waals surface area contributed by atoms with Crippen LogP contribution in [0.15, 0.2) is 0 Å². The van der Waals surface area contributed by atoms with Crippen LogP contribution in [0.5, 0.6) is 0 Å². The number of rotatable bonds is 6. The second-order valence-electron chi connectivity index (χ2n) is 5.54. The average molecular weight is 240 g/mol. The Kier molecular flexibility index (Phi) is 4.40. The van der Waals surface area contributed by atoms with Crippen LogP contribution in [0, 0.1) is 0 Å². The fourth-order valence-electron chi connectivity index (χ4n) is 2.70. The number of carbonyl (C=O) groups is 1. The molecule has 0 aromatic rings. The van der Waals surface area contributed by atoms with Crippen molar-refractivity contribution in [3.05, 3.63) is 0 Å². The number of carboxylic acids is 1. The molecule has 0 radical (unpaired) electrons. The maximum atomic E-state index is 10.5. The van der Waals surface area contributed by atoms with Crippen LogP contribution >= 0.6 is 0 Å². The summed E-state index contributed by atoms with van der Waals surface area (Å²) in [5, 5.41) is 12.2. The SMILES string of the molecule is CC(CCC(=O)O)NC1CCN(C2CC2)CC1. The first-order valence-corrected chi connectivity index (χ1v) is 6.87. The Bertz CT molecular complexity index is 258. The number of piperidine rings is 1. The first kappa shape index (κ1) is 12.8. The summed E-state index contributed by atoms with van der Waals surface area (Å²) in [5.74, 6) is -0.692. The van der Waals surface area contributed by atoms with E-state index in [0.717, 1.165) is 12.5 Å². The molecule has 2 rings (SSSR count). The fraction of sp³-hybridized carbons (Fsp3) is 0.923. The van der Waals surface area contributed by atoms with Crippen LogP contribution < -0.4 is 5.32 Å². The molecule has 0 aromatic carbocycles. The largest absolute Gasteiger partial charge is 0.481 e. The zero-order chi connectivity index (χ0) is 12.3. The third-order valence-electron chi connectivity index (χ3n) is 3.90. The molecule has 1 unspecified atom stereocenters. The van der Waals surface area contributed by atoms with Crippen LogP contribution in [0.25, 0.3) is 0 Å². The van der Waals surface area contributed by atoms with Crippen LogP contribution in [-0.2, 0) is 4.79 Å². The molecule has 98 valence electrons. The Morgan fingerprint density at radius 1 is 1.35 bits per heavy atom. The lowest BCUT2D eigenvalue weighted by Gasteiger charge is -2.34. The lowest BCUT2D eigenvalue weighted by atomic mass is 10.0. The predicted molar refractivity (Wildman–Crippen MR) is 67.1 cm³/mol. The topological polar surface area (TPSA) is 52.6 Å². The van der Waals surface area contributed by atoms with Gasteiger partial charge in [-0.3, -0.25) is 4.79 Å². The van der Waals surface area contributed by atoms with Gasteiger partial charge in [0.1, 0.15) is 0 Å². The Morgan fingerprint density at radius 2 is 2.00 bits per heavy atom. The number of aliphatic carboxylic acids is 1. The highest BCUT2D eigenvalue weighted by molar-refractivity contribution is 5.66. The molecular weight excluding hydrogens is 216 g/mol. The van der Waals surface area contributed by atoms with Crippen molar-refractivity contribution in [1.29, 1.82) is 0 Å². The molecule has 1 heterocycles. The molecule has 17 heavy (non-hydrogen) atoms. The van der Waals surface area contributed by atoms with Gasteiger partial charge in [-0.05, 0) is 52.1 Å². The number of hydrogen-bond acceptors (Lipinski definition) is 3. The molecule has 2 N–H and O–H groups in total. The van der Waals surface area contributed by atoms with Gasteiger partial charge in [0.05, 0.1) is 0 Å². The lowest BCUT2D eigenvalue weighted by molar-refractivity contribution is -0.137. The number of nitrogens with one attached hydrogen (secondary N) is 1. The van der Waals surface area contributed by atoms with Crippen molar-refractivity contribution < 1.29 is 9.90 Å². The normalized spacial score (nSPS) is 24.8. The van der Waals surface area contributed by atoms with Gasteiger partial charge in [0, 0.05) is 24.5 Å². The third-order valence-corrected chi connectivity index (χ3v) is 3.90. The van der Waals surface area contributed by atoms with Gasteiger partial charge in [0.2, 0.25) is 0 Å². The molecule has 1 atom stereocenters.